The number of carbonyl (C=O) groups is 1. The van der Waals surface area contributed by atoms with Crippen molar-refractivity contribution < 1.29 is 4.79 Å². The average molecular weight is 286 g/mol. The van der Waals surface area contributed by atoms with Crippen molar-refractivity contribution in [1.82, 2.24) is 4.90 Å². The molecule has 98 valence electrons. The molecule has 0 N–H and O–H groups in total. The van der Waals surface area contributed by atoms with Crippen LogP contribution >= 0.6 is 23.2 Å². The van der Waals surface area contributed by atoms with Gasteiger partial charge in [0.25, 0.3) is 0 Å². The minimum atomic E-state index is 0.168. The minimum absolute atomic E-state index is 0.168. The monoisotopic (exact) mass is 285 g/mol. The molecule has 4 heteroatoms. The smallest absolute Gasteiger partial charge is 0.227 e. The van der Waals surface area contributed by atoms with Crippen molar-refractivity contribution in [1.29, 1.82) is 0 Å². The Morgan fingerprint density at radius 2 is 1.78 bits per heavy atom. The number of likely N-dealkylation sites (tertiary alicyclic amines) is 1. The molecule has 1 aromatic rings. The van der Waals surface area contributed by atoms with E-state index in [-0.39, 0.29) is 5.91 Å². The summed E-state index contributed by atoms with van der Waals surface area (Å²) in [7, 11) is 0. The highest BCUT2D eigenvalue weighted by molar-refractivity contribution is 6.35. The standard InChI is InChI=1S/C14H17Cl2NO/c15-12-6-5-11(13(16)10-12)9-14(18)17-7-3-1-2-4-8-17/h5-6,10H,1-4,7-9H2. The van der Waals surface area contributed by atoms with Gasteiger partial charge in [-0.1, -0.05) is 42.1 Å². The van der Waals surface area contributed by atoms with Crippen LogP contribution in [0.2, 0.25) is 10.0 Å². The van der Waals surface area contributed by atoms with Crippen LogP contribution in [-0.4, -0.2) is 23.9 Å². The fourth-order valence-corrected chi connectivity index (χ4v) is 2.74. The second-order valence-electron chi connectivity index (χ2n) is 4.71. The summed E-state index contributed by atoms with van der Waals surface area (Å²) in [6.07, 6.45) is 5.05. The fourth-order valence-electron chi connectivity index (χ4n) is 2.26. The zero-order valence-electron chi connectivity index (χ0n) is 10.3. The van der Waals surface area contributed by atoms with E-state index in [0.717, 1.165) is 31.5 Å². The summed E-state index contributed by atoms with van der Waals surface area (Å²) in [6.45, 7) is 1.76. The molecule has 0 saturated carbocycles. The van der Waals surface area contributed by atoms with Gasteiger partial charge in [0.2, 0.25) is 5.91 Å². The van der Waals surface area contributed by atoms with Crippen molar-refractivity contribution in [2.45, 2.75) is 32.1 Å². The van der Waals surface area contributed by atoms with E-state index in [4.69, 9.17) is 23.2 Å². The lowest BCUT2D eigenvalue weighted by Crippen LogP contribution is -2.33. The van der Waals surface area contributed by atoms with Gasteiger partial charge < -0.3 is 4.90 Å². The second kappa shape index (κ2) is 6.44. The van der Waals surface area contributed by atoms with E-state index in [1.165, 1.54) is 12.8 Å². The quantitative estimate of drug-likeness (QED) is 0.806. The first kappa shape index (κ1) is 13.7. The summed E-state index contributed by atoms with van der Waals surface area (Å²) >= 11 is 11.9. The largest absolute Gasteiger partial charge is 0.342 e. The summed E-state index contributed by atoms with van der Waals surface area (Å²) in [5.41, 5.74) is 0.857. The van der Waals surface area contributed by atoms with Gasteiger partial charge in [-0.3, -0.25) is 4.79 Å². The summed E-state index contributed by atoms with van der Waals surface area (Å²) in [6, 6.07) is 5.30. The molecule has 2 rings (SSSR count). The van der Waals surface area contributed by atoms with Gasteiger partial charge in [-0.2, -0.15) is 0 Å². The van der Waals surface area contributed by atoms with Gasteiger partial charge in [0, 0.05) is 23.1 Å². The molecule has 0 atom stereocenters. The lowest BCUT2D eigenvalue weighted by atomic mass is 10.1. The molecular weight excluding hydrogens is 269 g/mol. The average Bonchev–Trinajstić information content (AvgIpc) is 2.61. The van der Waals surface area contributed by atoms with E-state index in [1.807, 2.05) is 11.0 Å². The van der Waals surface area contributed by atoms with Crippen LogP contribution in [0.3, 0.4) is 0 Å². The van der Waals surface area contributed by atoms with Crippen molar-refractivity contribution in [3.63, 3.8) is 0 Å². The third-order valence-electron chi connectivity index (χ3n) is 3.32. The van der Waals surface area contributed by atoms with Crippen LogP contribution in [0.5, 0.6) is 0 Å². The normalized spacial score (nSPS) is 16.4. The highest BCUT2D eigenvalue weighted by Crippen LogP contribution is 2.22. The predicted octanol–water partition coefficient (Wildman–Crippen LogP) is 3.94. The maximum Gasteiger partial charge on any atom is 0.227 e. The Balaban J connectivity index is 2.01. The van der Waals surface area contributed by atoms with E-state index >= 15 is 0 Å². The zero-order valence-corrected chi connectivity index (χ0v) is 11.8. The Hall–Kier alpha value is -0.730. The Kier molecular flexibility index (Phi) is 4.90. The van der Waals surface area contributed by atoms with E-state index < -0.39 is 0 Å². The van der Waals surface area contributed by atoms with Crippen LogP contribution in [-0.2, 0) is 11.2 Å². The number of hydrogen-bond donors (Lipinski definition) is 0. The predicted molar refractivity (Wildman–Crippen MR) is 75.2 cm³/mol. The molecule has 0 spiro atoms. The van der Waals surface area contributed by atoms with Gasteiger partial charge in [-0.05, 0) is 30.5 Å². The van der Waals surface area contributed by atoms with E-state index in [2.05, 4.69) is 0 Å². The molecule has 1 saturated heterocycles. The molecule has 0 unspecified atom stereocenters. The third-order valence-corrected chi connectivity index (χ3v) is 3.90. The minimum Gasteiger partial charge on any atom is -0.342 e. The fraction of sp³-hybridized carbons (Fsp3) is 0.500. The number of rotatable bonds is 2. The molecule has 1 aliphatic heterocycles. The molecule has 1 amide bonds. The molecule has 1 aliphatic rings. The molecule has 1 aromatic carbocycles. The van der Waals surface area contributed by atoms with E-state index in [0.29, 0.717) is 16.5 Å². The Bertz CT molecular complexity index is 426. The van der Waals surface area contributed by atoms with Crippen LogP contribution in [0.4, 0.5) is 0 Å². The van der Waals surface area contributed by atoms with Crippen molar-refractivity contribution >= 4 is 29.1 Å². The molecule has 2 nitrogen and oxygen atoms in total. The lowest BCUT2D eigenvalue weighted by molar-refractivity contribution is -0.130. The van der Waals surface area contributed by atoms with Gasteiger partial charge in [0.1, 0.15) is 0 Å². The van der Waals surface area contributed by atoms with E-state index in [1.54, 1.807) is 12.1 Å². The molecule has 1 heterocycles. The first-order chi connectivity index (χ1) is 8.66. The van der Waals surface area contributed by atoms with Crippen LogP contribution in [0.25, 0.3) is 0 Å². The van der Waals surface area contributed by atoms with Crippen LogP contribution in [0.15, 0.2) is 18.2 Å². The van der Waals surface area contributed by atoms with E-state index in [9.17, 15) is 4.79 Å². The summed E-state index contributed by atoms with van der Waals surface area (Å²) in [4.78, 5) is 14.1. The van der Waals surface area contributed by atoms with Crippen LogP contribution in [0.1, 0.15) is 31.2 Å². The highest BCUT2D eigenvalue weighted by atomic mass is 35.5. The number of hydrogen-bond acceptors (Lipinski definition) is 1. The number of halogens is 2. The van der Waals surface area contributed by atoms with Gasteiger partial charge in [-0.25, -0.2) is 0 Å². The number of nitrogens with zero attached hydrogens (tertiary/aromatic N) is 1. The lowest BCUT2D eigenvalue weighted by Gasteiger charge is -2.20. The number of benzene rings is 1. The van der Waals surface area contributed by atoms with Gasteiger partial charge in [0.15, 0.2) is 0 Å². The van der Waals surface area contributed by atoms with Gasteiger partial charge in [-0.15, -0.1) is 0 Å². The van der Waals surface area contributed by atoms with Crippen molar-refractivity contribution in [3.8, 4) is 0 Å². The Morgan fingerprint density at radius 1 is 1.11 bits per heavy atom. The zero-order chi connectivity index (χ0) is 13.0. The molecule has 0 aliphatic carbocycles. The highest BCUT2D eigenvalue weighted by Gasteiger charge is 2.16. The van der Waals surface area contributed by atoms with Gasteiger partial charge in [0.05, 0.1) is 6.42 Å². The summed E-state index contributed by atoms with van der Waals surface area (Å²) in [5.74, 6) is 0.168. The maximum atomic E-state index is 12.2. The summed E-state index contributed by atoms with van der Waals surface area (Å²) in [5, 5.41) is 1.18. The Morgan fingerprint density at radius 3 is 2.39 bits per heavy atom. The second-order valence-corrected chi connectivity index (χ2v) is 5.55. The molecule has 18 heavy (non-hydrogen) atoms. The third kappa shape index (κ3) is 3.63. The maximum absolute atomic E-state index is 12.2. The summed E-state index contributed by atoms with van der Waals surface area (Å²) < 4.78 is 0. The molecular formula is C14H17Cl2NO. The Labute approximate surface area is 118 Å². The van der Waals surface area contributed by atoms with Gasteiger partial charge >= 0.3 is 0 Å². The number of carbonyl (C=O) groups excluding carboxylic acids is 1. The number of amides is 1. The van der Waals surface area contributed by atoms with Crippen LogP contribution < -0.4 is 0 Å². The van der Waals surface area contributed by atoms with Crippen molar-refractivity contribution in [3.05, 3.63) is 33.8 Å². The topological polar surface area (TPSA) is 20.3 Å². The van der Waals surface area contributed by atoms with Crippen LogP contribution in [0, 0.1) is 0 Å². The molecule has 0 radical (unpaired) electrons. The van der Waals surface area contributed by atoms with Crippen molar-refractivity contribution in [2.75, 3.05) is 13.1 Å². The molecule has 1 fully saturated rings. The first-order valence-corrected chi connectivity index (χ1v) is 7.14. The SMILES string of the molecule is O=C(Cc1ccc(Cl)cc1Cl)N1CCCCCC1. The molecule has 0 bridgehead atoms. The molecule has 0 aromatic heterocycles. The van der Waals surface area contributed by atoms with Crippen molar-refractivity contribution in [2.24, 2.45) is 0 Å². The first-order valence-electron chi connectivity index (χ1n) is 6.38.